The Bertz CT molecular complexity index is 687. The zero-order chi connectivity index (χ0) is 15.7. The van der Waals surface area contributed by atoms with Crippen LogP contribution in [0.1, 0.15) is 31.9 Å². The number of ether oxygens (including phenoxy) is 1. The van der Waals surface area contributed by atoms with Crippen LogP contribution in [0.2, 0.25) is 0 Å². The standard InChI is InChI=1S/C18H18FNO2/c1-12-10-18(22-15-6-4-3-5-7-15)16-9-8-14(19)11-17(16)20(12)13(2)21/h3-9,11-12,18H,10H2,1-2H3/t12-,18+/m0/s1. The Labute approximate surface area is 129 Å². The Morgan fingerprint density at radius 3 is 2.64 bits per heavy atom. The monoisotopic (exact) mass is 299 g/mol. The van der Waals surface area contributed by atoms with Crippen molar-refractivity contribution in [2.24, 2.45) is 0 Å². The van der Waals surface area contributed by atoms with Crippen LogP contribution in [0.4, 0.5) is 10.1 Å². The van der Waals surface area contributed by atoms with E-state index in [0.29, 0.717) is 12.1 Å². The van der Waals surface area contributed by atoms with Crippen molar-refractivity contribution in [1.82, 2.24) is 0 Å². The van der Waals surface area contributed by atoms with Gasteiger partial charge in [0, 0.05) is 24.9 Å². The van der Waals surface area contributed by atoms with Gasteiger partial charge in [0.05, 0.1) is 5.69 Å². The summed E-state index contributed by atoms with van der Waals surface area (Å²) in [5, 5.41) is 0. The lowest BCUT2D eigenvalue weighted by Gasteiger charge is -2.38. The largest absolute Gasteiger partial charge is 0.486 e. The van der Waals surface area contributed by atoms with Gasteiger partial charge in [-0.3, -0.25) is 4.79 Å². The van der Waals surface area contributed by atoms with Crippen LogP contribution >= 0.6 is 0 Å². The Morgan fingerprint density at radius 1 is 1.23 bits per heavy atom. The van der Waals surface area contributed by atoms with Gasteiger partial charge in [-0.2, -0.15) is 0 Å². The first kappa shape index (κ1) is 14.6. The summed E-state index contributed by atoms with van der Waals surface area (Å²) in [6.45, 7) is 3.46. The number of anilines is 1. The Morgan fingerprint density at radius 2 is 1.95 bits per heavy atom. The van der Waals surface area contributed by atoms with Crippen molar-refractivity contribution in [3.63, 3.8) is 0 Å². The van der Waals surface area contributed by atoms with Crippen LogP contribution < -0.4 is 9.64 Å². The summed E-state index contributed by atoms with van der Waals surface area (Å²) in [5.74, 6) is 0.335. The zero-order valence-corrected chi connectivity index (χ0v) is 12.6. The number of para-hydroxylation sites is 1. The number of halogens is 1. The van der Waals surface area contributed by atoms with E-state index in [1.54, 1.807) is 11.0 Å². The molecule has 0 saturated carbocycles. The maximum atomic E-state index is 13.6. The van der Waals surface area contributed by atoms with E-state index in [2.05, 4.69) is 0 Å². The van der Waals surface area contributed by atoms with Crippen molar-refractivity contribution < 1.29 is 13.9 Å². The SMILES string of the molecule is CC(=O)N1c2cc(F)ccc2[C@H](Oc2ccccc2)C[C@@H]1C. The predicted octanol–water partition coefficient (Wildman–Crippen LogP) is 4.09. The molecule has 3 rings (SSSR count). The van der Waals surface area contributed by atoms with E-state index >= 15 is 0 Å². The van der Waals surface area contributed by atoms with E-state index in [-0.39, 0.29) is 23.9 Å². The van der Waals surface area contributed by atoms with Crippen molar-refractivity contribution in [3.8, 4) is 5.75 Å². The van der Waals surface area contributed by atoms with E-state index < -0.39 is 0 Å². The molecular formula is C18H18FNO2. The van der Waals surface area contributed by atoms with Gasteiger partial charge in [-0.25, -0.2) is 4.39 Å². The van der Waals surface area contributed by atoms with Crippen molar-refractivity contribution >= 4 is 11.6 Å². The highest BCUT2D eigenvalue weighted by Gasteiger charge is 2.33. The van der Waals surface area contributed by atoms with Crippen molar-refractivity contribution in [2.75, 3.05) is 4.90 Å². The lowest BCUT2D eigenvalue weighted by Crippen LogP contribution is -2.43. The molecule has 0 aromatic heterocycles. The van der Waals surface area contributed by atoms with Gasteiger partial charge in [-0.15, -0.1) is 0 Å². The summed E-state index contributed by atoms with van der Waals surface area (Å²) in [6.07, 6.45) is 0.483. The van der Waals surface area contributed by atoms with Crippen LogP contribution in [0, 0.1) is 5.82 Å². The lowest BCUT2D eigenvalue weighted by molar-refractivity contribution is -0.117. The Kier molecular flexibility index (Phi) is 3.84. The molecule has 4 heteroatoms. The molecule has 0 fully saturated rings. The van der Waals surface area contributed by atoms with Crippen LogP contribution in [0.3, 0.4) is 0 Å². The first-order valence-electron chi connectivity index (χ1n) is 7.37. The molecule has 1 aliphatic heterocycles. The molecule has 22 heavy (non-hydrogen) atoms. The number of hydrogen-bond acceptors (Lipinski definition) is 2. The van der Waals surface area contributed by atoms with Crippen LogP contribution in [-0.4, -0.2) is 11.9 Å². The van der Waals surface area contributed by atoms with Crippen molar-refractivity contribution in [3.05, 3.63) is 59.9 Å². The maximum absolute atomic E-state index is 13.6. The molecule has 0 bridgehead atoms. The van der Waals surface area contributed by atoms with Gasteiger partial charge in [0.1, 0.15) is 17.7 Å². The fraction of sp³-hybridized carbons (Fsp3) is 0.278. The summed E-state index contributed by atoms with van der Waals surface area (Å²) in [5.41, 5.74) is 1.45. The molecule has 1 amide bonds. The highest BCUT2D eigenvalue weighted by atomic mass is 19.1. The summed E-state index contributed by atoms with van der Waals surface area (Å²) < 4.78 is 19.7. The number of amides is 1. The molecule has 1 heterocycles. The third-order valence-electron chi connectivity index (χ3n) is 3.96. The summed E-state index contributed by atoms with van der Waals surface area (Å²) in [6, 6.07) is 14.0. The number of benzene rings is 2. The molecule has 2 atom stereocenters. The molecular weight excluding hydrogens is 281 g/mol. The normalized spacial score (nSPS) is 20.4. The van der Waals surface area contributed by atoms with Gasteiger partial charge >= 0.3 is 0 Å². The second-order valence-electron chi connectivity index (χ2n) is 5.60. The molecule has 0 unspecified atom stereocenters. The molecule has 2 aromatic carbocycles. The number of fused-ring (bicyclic) bond motifs is 1. The molecule has 3 nitrogen and oxygen atoms in total. The Balaban J connectivity index is 2.00. The van der Waals surface area contributed by atoms with Gasteiger partial charge in [0.25, 0.3) is 0 Å². The van der Waals surface area contributed by atoms with Gasteiger partial charge in [-0.1, -0.05) is 24.3 Å². The highest BCUT2D eigenvalue weighted by Crippen LogP contribution is 2.40. The van der Waals surface area contributed by atoms with Gasteiger partial charge in [0.2, 0.25) is 5.91 Å². The van der Waals surface area contributed by atoms with Crippen LogP contribution in [0.15, 0.2) is 48.5 Å². The zero-order valence-electron chi connectivity index (χ0n) is 12.6. The topological polar surface area (TPSA) is 29.5 Å². The first-order valence-corrected chi connectivity index (χ1v) is 7.37. The third kappa shape index (κ3) is 2.69. The van der Waals surface area contributed by atoms with Crippen LogP contribution in [-0.2, 0) is 4.79 Å². The summed E-state index contributed by atoms with van der Waals surface area (Å²) >= 11 is 0. The fourth-order valence-electron chi connectivity index (χ4n) is 3.03. The van der Waals surface area contributed by atoms with Crippen LogP contribution in [0.5, 0.6) is 5.75 Å². The molecule has 0 aliphatic carbocycles. The Hall–Kier alpha value is -2.36. The van der Waals surface area contributed by atoms with E-state index in [1.807, 2.05) is 37.3 Å². The van der Waals surface area contributed by atoms with E-state index in [9.17, 15) is 9.18 Å². The minimum Gasteiger partial charge on any atom is -0.486 e. The molecule has 2 aromatic rings. The smallest absolute Gasteiger partial charge is 0.224 e. The maximum Gasteiger partial charge on any atom is 0.224 e. The quantitative estimate of drug-likeness (QED) is 0.836. The molecule has 0 saturated heterocycles. The average molecular weight is 299 g/mol. The highest BCUT2D eigenvalue weighted by molar-refractivity contribution is 5.93. The lowest BCUT2D eigenvalue weighted by atomic mass is 9.93. The number of rotatable bonds is 2. The van der Waals surface area contributed by atoms with Crippen molar-refractivity contribution in [2.45, 2.75) is 32.4 Å². The first-order chi connectivity index (χ1) is 10.6. The molecule has 0 N–H and O–H groups in total. The van der Waals surface area contributed by atoms with E-state index in [1.165, 1.54) is 19.1 Å². The minimum atomic E-state index is -0.349. The minimum absolute atomic E-state index is 0.0412. The average Bonchev–Trinajstić information content (AvgIpc) is 2.47. The van der Waals surface area contributed by atoms with Gasteiger partial charge < -0.3 is 9.64 Å². The number of hydrogen-bond donors (Lipinski definition) is 0. The number of nitrogens with zero attached hydrogens (tertiary/aromatic N) is 1. The second kappa shape index (κ2) is 5.79. The molecule has 0 radical (unpaired) electrons. The molecule has 1 aliphatic rings. The fourth-order valence-corrected chi connectivity index (χ4v) is 3.03. The summed E-state index contributed by atoms with van der Waals surface area (Å²) in [7, 11) is 0. The van der Waals surface area contributed by atoms with Gasteiger partial charge in [0.15, 0.2) is 0 Å². The summed E-state index contributed by atoms with van der Waals surface area (Å²) in [4.78, 5) is 13.6. The number of carbonyl (C=O) groups is 1. The molecule has 0 spiro atoms. The van der Waals surface area contributed by atoms with E-state index in [0.717, 1.165) is 11.3 Å². The van der Waals surface area contributed by atoms with Crippen LogP contribution in [0.25, 0.3) is 0 Å². The molecule has 114 valence electrons. The van der Waals surface area contributed by atoms with E-state index in [4.69, 9.17) is 4.74 Å². The van der Waals surface area contributed by atoms with Crippen molar-refractivity contribution in [1.29, 1.82) is 0 Å². The van der Waals surface area contributed by atoms with Gasteiger partial charge in [-0.05, 0) is 31.2 Å². The number of carbonyl (C=O) groups excluding carboxylic acids is 1. The second-order valence-corrected chi connectivity index (χ2v) is 5.60. The third-order valence-corrected chi connectivity index (χ3v) is 3.96. The predicted molar refractivity (Wildman–Crippen MR) is 83.5 cm³/mol.